The molecular weight excluding hydrogens is 236 g/mol. The van der Waals surface area contributed by atoms with Crippen molar-refractivity contribution in [1.29, 1.82) is 0 Å². The summed E-state index contributed by atoms with van der Waals surface area (Å²) in [5.74, 6) is 0. The van der Waals surface area contributed by atoms with Gasteiger partial charge in [-0.25, -0.2) is 0 Å². The van der Waals surface area contributed by atoms with E-state index >= 15 is 0 Å². The molecule has 0 heterocycles. The molecule has 2 aromatic carbocycles. The maximum absolute atomic E-state index is 10.7. The van der Waals surface area contributed by atoms with Crippen molar-refractivity contribution < 1.29 is 10.2 Å². The molecule has 0 aromatic heterocycles. The van der Waals surface area contributed by atoms with E-state index in [0.29, 0.717) is 0 Å². The fourth-order valence-electron chi connectivity index (χ4n) is 3.85. The van der Waals surface area contributed by atoms with Crippen molar-refractivity contribution in [1.82, 2.24) is 0 Å². The Balaban J connectivity index is 1.84. The van der Waals surface area contributed by atoms with E-state index in [2.05, 4.69) is 12.1 Å². The van der Waals surface area contributed by atoms with Crippen LogP contribution in [0.5, 0.6) is 0 Å². The summed E-state index contributed by atoms with van der Waals surface area (Å²) in [7, 11) is 0. The Hall–Kier alpha value is -1.64. The minimum Gasteiger partial charge on any atom is -0.388 e. The highest BCUT2D eigenvalue weighted by Gasteiger charge is 2.54. The molecule has 2 nitrogen and oxygen atoms in total. The van der Waals surface area contributed by atoms with Crippen molar-refractivity contribution in [2.75, 3.05) is 0 Å². The molecule has 0 saturated carbocycles. The molecule has 2 N–H and O–H groups in total. The summed E-state index contributed by atoms with van der Waals surface area (Å²) < 4.78 is 0. The fraction of sp³-hybridized carbons (Fsp3) is 0.294. The second-order valence-corrected chi connectivity index (χ2v) is 5.79. The van der Waals surface area contributed by atoms with E-state index < -0.39 is 17.6 Å². The third-order valence-electron chi connectivity index (χ3n) is 4.83. The van der Waals surface area contributed by atoms with Crippen molar-refractivity contribution in [3.8, 4) is 0 Å². The Kier molecular flexibility index (Phi) is 2.17. The van der Waals surface area contributed by atoms with Crippen molar-refractivity contribution in [2.45, 2.75) is 25.0 Å². The highest BCUT2D eigenvalue weighted by Crippen LogP contribution is 2.58. The van der Waals surface area contributed by atoms with E-state index in [0.717, 1.165) is 24.0 Å². The van der Waals surface area contributed by atoms with Crippen LogP contribution in [0.3, 0.4) is 0 Å². The average Bonchev–Trinajstić information content (AvgIpc) is 2.88. The molecule has 3 atom stereocenters. The third-order valence-corrected chi connectivity index (χ3v) is 4.83. The summed E-state index contributed by atoms with van der Waals surface area (Å²) in [5, 5.41) is 21.4. The second-order valence-electron chi connectivity index (χ2n) is 5.79. The van der Waals surface area contributed by atoms with Gasteiger partial charge in [-0.2, -0.15) is 0 Å². The van der Waals surface area contributed by atoms with Gasteiger partial charge in [-0.05, 0) is 35.1 Å². The molecule has 4 rings (SSSR count). The number of hydrogen-bond acceptors (Lipinski definition) is 2. The van der Waals surface area contributed by atoms with Crippen molar-refractivity contribution >= 4 is 0 Å². The highest BCUT2D eigenvalue weighted by molar-refractivity contribution is 5.45. The Labute approximate surface area is 112 Å². The number of aliphatic hydroxyl groups is 2. The van der Waals surface area contributed by atoms with E-state index in [4.69, 9.17) is 0 Å². The normalized spacial score (nSPS) is 31.5. The molecule has 96 valence electrons. The van der Waals surface area contributed by atoms with Crippen LogP contribution in [-0.2, 0) is 12.8 Å². The predicted molar refractivity (Wildman–Crippen MR) is 72.6 cm³/mol. The highest BCUT2D eigenvalue weighted by atomic mass is 16.3. The summed E-state index contributed by atoms with van der Waals surface area (Å²) >= 11 is 0. The van der Waals surface area contributed by atoms with Gasteiger partial charge in [0.25, 0.3) is 0 Å². The van der Waals surface area contributed by atoms with Crippen LogP contribution < -0.4 is 0 Å². The first-order valence-electron chi connectivity index (χ1n) is 6.74. The van der Waals surface area contributed by atoms with E-state index in [1.165, 1.54) is 11.1 Å². The lowest BCUT2D eigenvalue weighted by Gasteiger charge is -2.31. The maximum Gasteiger partial charge on any atom is 0.0883 e. The largest absolute Gasteiger partial charge is 0.388 e. The van der Waals surface area contributed by atoms with Gasteiger partial charge in [-0.1, -0.05) is 48.5 Å². The number of hydrogen-bond donors (Lipinski definition) is 2. The first-order valence-corrected chi connectivity index (χ1v) is 6.74. The standard InChI is InChI=1S/C17H16O2/c18-15-13-7-3-1-5-11(13)9-17(15)10-12-6-2-4-8-14(12)16(17)19/h1-8,15-16,18-19H,9-10H2/t15-,16?,17?/m1/s1. The van der Waals surface area contributed by atoms with Gasteiger partial charge < -0.3 is 10.2 Å². The fourth-order valence-corrected chi connectivity index (χ4v) is 3.85. The molecule has 0 saturated heterocycles. The van der Waals surface area contributed by atoms with Crippen molar-refractivity contribution in [3.05, 3.63) is 70.8 Å². The molecular formula is C17H16O2. The Bertz CT molecular complexity index is 590. The first-order chi connectivity index (χ1) is 9.22. The van der Waals surface area contributed by atoms with E-state index in [9.17, 15) is 10.2 Å². The number of benzene rings is 2. The lowest BCUT2D eigenvalue weighted by molar-refractivity contribution is -0.0518. The molecule has 1 spiro atoms. The SMILES string of the molecule is OC1c2ccccc2CC12Cc1ccccc1[C@H]2O. The Morgan fingerprint density at radius 1 is 0.737 bits per heavy atom. The summed E-state index contributed by atoms with van der Waals surface area (Å²) in [6.45, 7) is 0. The monoisotopic (exact) mass is 252 g/mol. The van der Waals surface area contributed by atoms with Crippen molar-refractivity contribution in [3.63, 3.8) is 0 Å². The third kappa shape index (κ3) is 1.33. The predicted octanol–water partition coefficient (Wildman–Crippen LogP) is 2.55. The molecule has 2 aliphatic rings. The molecule has 2 aromatic rings. The molecule has 0 radical (unpaired) electrons. The van der Waals surface area contributed by atoms with E-state index in [1.54, 1.807) is 0 Å². The molecule has 0 amide bonds. The minimum absolute atomic E-state index is 0.465. The number of rotatable bonds is 0. The Morgan fingerprint density at radius 3 is 1.58 bits per heavy atom. The zero-order valence-electron chi connectivity index (χ0n) is 10.6. The van der Waals surface area contributed by atoms with Gasteiger partial charge in [0.05, 0.1) is 12.2 Å². The van der Waals surface area contributed by atoms with Gasteiger partial charge in [0.15, 0.2) is 0 Å². The van der Waals surface area contributed by atoms with Crippen LogP contribution in [0, 0.1) is 5.41 Å². The van der Waals surface area contributed by atoms with Crippen LogP contribution >= 0.6 is 0 Å². The van der Waals surface area contributed by atoms with Gasteiger partial charge in [-0.3, -0.25) is 0 Å². The summed E-state index contributed by atoms with van der Waals surface area (Å²) in [5.41, 5.74) is 3.83. The maximum atomic E-state index is 10.7. The Morgan fingerprint density at radius 2 is 1.16 bits per heavy atom. The van der Waals surface area contributed by atoms with Gasteiger partial charge in [0.2, 0.25) is 0 Å². The van der Waals surface area contributed by atoms with Crippen LogP contribution in [-0.4, -0.2) is 10.2 Å². The number of fused-ring (bicyclic) bond motifs is 2. The number of aliphatic hydroxyl groups excluding tert-OH is 2. The minimum atomic E-state index is -0.578. The zero-order chi connectivity index (χ0) is 13.0. The molecule has 0 fully saturated rings. The zero-order valence-corrected chi connectivity index (χ0v) is 10.6. The molecule has 19 heavy (non-hydrogen) atoms. The summed E-state index contributed by atoms with van der Waals surface area (Å²) in [6.07, 6.45) is 0.345. The van der Waals surface area contributed by atoms with Gasteiger partial charge in [0, 0.05) is 5.41 Å². The molecule has 2 unspecified atom stereocenters. The summed E-state index contributed by atoms with van der Waals surface area (Å²) in [4.78, 5) is 0. The summed E-state index contributed by atoms with van der Waals surface area (Å²) in [6, 6.07) is 16.0. The smallest absolute Gasteiger partial charge is 0.0883 e. The molecule has 2 heteroatoms. The molecule has 0 bridgehead atoms. The van der Waals surface area contributed by atoms with E-state index in [1.807, 2.05) is 36.4 Å². The van der Waals surface area contributed by atoms with Crippen molar-refractivity contribution in [2.24, 2.45) is 5.41 Å². The van der Waals surface area contributed by atoms with Crippen LogP contribution in [0.15, 0.2) is 48.5 Å². The van der Waals surface area contributed by atoms with Crippen LogP contribution in [0.25, 0.3) is 0 Å². The lowest BCUT2D eigenvalue weighted by Crippen LogP contribution is -2.30. The van der Waals surface area contributed by atoms with Crippen LogP contribution in [0.1, 0.15) is 34.5 Å². The van der Waals surface area contributed by atoms with E-state index in [-0.39, 0.29) is 0 Å². The quantitative estimate of drug-likeness (QED) is 0.756. The second kappa shape index (κ2) is 3.69. The van der Waals surface area contributed by atoms with Crippen LogP contribution in [0.2, 0.25) is 0 Å². The van der Waals surface area contributed by atoms with Gasteiger partial charge >= 0.3 is 0 Å². The lowest BCUT2D eigenvalue weighted by atomic mass is 9.77. The van der Waals surface area contributed by atoms with Gasteiger partial charge in [-0.15, -0.1) is 0 Å². The van der Waals surface area contributed by atoms with Gasteiger partial charge in [0.1, 0.15) is 0 Å². The topological polar surface area (TPSA) is 40.5 Å². The average molecular weight is 252 g/mol. The van der Waals surface area contributed by atoms with Crippen LogP contribution in [0.4, 0.5) is 0 Å². The first kappa shape index (κ1) is 11.2. The molecule has 0 aliphatic heterocycles. The molecule has 2 aliphatic carbocycles.